The lowest BCUT2D eigenvalue weighted by molar-refractivity contribution is 0.0971. The minimum Gasteiger partial charge on any atom is -0.342 e. The normalized spacial score (nSPS) is 17.3. The summed E-state index contributed by atoms with van der Waals surface area (Å²) in [6.45, 7) is 7.99. The van der Waals surface area contributed by atoms with E-state index < -0.39 is 0 Å². The van der Waals surface area contributed by atoms with Crippen molar-refractivity contribution < 1.29 is 4.79 Å². The maximum absolute atomic E-state index is 11.7. The summed E-state index contributed by atoms with van der Waals surface area (Å²) < 4.78 is 2.24. The fourth-order valence-electron chi connectivity index (χ4n) is 2.42. The molecule has 0 saturated carbocycles. The van der Waals surface area contributed by atoms with E-state index in [9.17, 15) is 4.79 Å². The van der Waals surface area contributed by atoms with E-state index in [4.69, 9.17) is 0 Å². The van der Waals surface area contributed by atoms with Gasteiger partial charge in [-0.3, -0.25) is 4.79 Å². The lowest BCUT2D eigenvalue weighted by Gasteiger charge is -2.19. The van der Waals surface area contributed by atoms with E-state index in [0.29, 0.717) is 12.2 Å². The van der Waals surface area contributed by atoms with Crippen LogP contribution < -0.4 is 0 Å². The molecule has 2 nitrogen and oxygen atoms in total. The van der Waals surface area contributed by atoms with Gasteiger partial charge in [-0.1, -0.05) is 6.08 Å². The molecule has 0 aliphatic heterocycles. The molecule has 1 heterocycles. The number of hydrogen-bond donors (Lipinski definition) is 0. The molecule has 15 heavy (non-hydrogen) atoms. The van der Waals surface area contributed by atoms with Crippen LogP contribution in [-0.2, 0) is 6.42 Å². The average molecular weight is 203 g/mol. The lowest BCUT2D eigenvalue weighted by Crippen LogP contribution is -2.15. The van der Waals surface area contributed by atoms with E-state index in [0.717, 1.165) is 18.4 Å². The molecule has 2 rings (SSSR count). The summed E-state index contributed by atoms with van der Waals surface area (Å²) in [6.07, 6.45) is 4.64. The number of hydrogen-bond acceptors (Lipinski definition) is 1. The Labute approximate surface area is 90.6 Å². The van der Waals surface area contributed by atoms with E-state index in [1.807, 2.05) is 12.1 Å². The van der Waals surface area contributed by atoms with Gasteiger partial charge in [-0.05, 0) is 32.8 Å². The molecule has 1 aliphatic rings. The van der Waals surface area contributed by atoms with Gasteiger partial charge in [-0.2, -0.15) is 0 Å². The molecule has 0 aromatic carbocycles. The van der Waals surface area contributed by atoms with Gasteiger partial charge in [0.1, 0.15) is 0 Å². The molecule has 0 bridgehead atoms. The zero-order valence-corrected chi connectivity index (χ0v) is 9.42. The molecule has 1 atom stereocenters. The second-order valence-corrected chi connectivity index (χ2v) is 4.27. The molecule has 80 valence electrons. The molecule has 0 saturated heterocycles. The summed E-state index contributed by atoms with van der Waals surface area (Å²) in [7, 11) is 0. The smallest absolute Gasteiger partial charge is 0.164 e. The lowest BCUT2D eigenvalue weighted by atomic mass is 9.96. The molecule has 1 aromatic rings. The number of fused-ring (bicyclic) bond motifs is 1. The SMILES string of the molecule is C=CC(C)n1c(C)cc2c1CCCC2=O. The highest BCUT2D eigenvalue weighted by Gasteiger charge is 2.23. The van der Waals surface area contributed by atoms with Crippen molar-refractivity contribution in [3.8, 4) is 0 Å². The third kappa shape index (κ3) is 1.54. The topological polar surface area (TPSA) is 22.0 Å². The standard InChI is InChI=1S/C13H17NO/c1-4-9(2)14-10(3)8-11-12(14)6-5-7-13(11)15/h4,8-9H,1,5-7H2,2-3H3. The summed E-state index contributed by atoms with van der Waals surface area (Å²) in [5.41, 5.74) is 3.31. The van der Waals surface area contributed by atoms with Gasteiger partial charge in [-0.25, -0.2) is 0 Å². The minimum atomic E-state index is 0.277. The first-order chi connectivity index (χ1) is 7.15. The van der Waals surface area contributed by atoms with Crippen molar-refractivity contribution in [3.63, 3.8) is 0 Å². The van der Waals surface area contributed by atoms with Crippen LogP contribution in [0.4, 0.5) is 0 Å². The molecule has 0 radical (unpaired) electrons. The number of ketones is 1. The van der Waals surface area contributed by atoms with Crippen molar-refractivity contribution in [2.45, 2.75) is 39.2 Å². The Hall–Kier alpha value is -1.31. The molecule has 0 spiro atoms. The van der Waals surface area contributed by atoms with E-state index >= 15 is 0 Å². The summed E-state index contributed by atoms with van der Waals surface area (Å²) in [4.78, 5) is 11.7. The number of nitrogens with zero attached hydrogens (tertiary/aromatic N) is 1. The van der Waals surface area contributed by atoms with Crippen molar-refractivity contribution in [1.29, 1.82) is 0 Å². The van der Waals surface area contributed by atoms with Crippen molar-refractivity contribution in [2.75, 3.05) is 0 Å². The summed E-state index contributed by atoms with van der Waals surface area (Å²) >= 11 is 0. The zero-order chi connectivity index (χ0) is 11.0. The minimum absolute atomic E-state index is 0.277. The van der Waals surface area contributed by atoms with Crippen molar-refractivity contribution in [3.05, 3.63) is 35.7 Å². The second-order valence-electron chi connectivity index (χ2n) is 4.27. The number of allylic oxidation sites excluding steroid dienone is 1. The third-order valence-electron chi connectivity index (χ3n) is 3.20. The quantitative estimate of drug-likeness (QED) is 0.677. The molecule has 2 heteroatoms. The first-order valence-electron chi connectivity index (χ1n) is 5.51. The largest absolute Gasteiger partial charge is 0.342 e. The monoisotopic (exact) mass is 203 g/mol. The van der Waals surface area contributed by atoms with Crippen LogP contribution in [0.25, 0.3) is 0 Å². The fraction of sp³-hybridized carbons (Fsp3) is 0.462. The number of carbonyl (C=O) groups is 1. The number of aromatic nitrogens is 1. The van der Waals surface area contributed by atoms with Crippen LogP contribution in [-0.4, -0.2) is 10.4 Å². The van der Waals surface area contributed by atoms with Crippen LogP contribution in [0.5, 0.6) is 0 Å². The highest BCUT2D eigenvalue weighted by atomic mass is 16.1. The summed E-state index contributed by atoms with van der Waals surface area (Å²) in [5, 5.41) is 0. The fourth-order valence-corrected chi connectivity index (χ4v) is 2.42. The van der Waals surface area contributed by atoms with Gasteiger partial charge in [0.2, 0.25) is 0 Å². The maximum atomic E-state index is 11.7. The Morgan fingerprint density at radius 1 is 1.53 bits per heavy atom. The van der Waals surface area contributed by atoms with Crippen LogP contribution in [0.15, 0.2) is 18.7 Å². The molecule has 1 unspecified atom stereocenters. The highest BCUT2D eigenvalue weighted by molar-refractivity contribution is 5.98. The molecule has 1 aromatic heterocycles. The predicted molar refractivity (Wildman–Crippen MR) is 61.3 cm³/mol. The number of carbonyl (C=O) groups excluding carboxylic acids is 1. The number of Topliss-reactive ketones (excluding diaryl/α,β-unsaturated/α-hetero) is 1. The Kier molecular flexibility index (Phi) is 2.51. The number of rotatable bonds is 2. The van der Waals surface area contributed by atoms with Gasteiger partial charge in [0.05, 0.1) is 0 Å². The van der Waals surface area contributed by atoms with Crippen molar-refractivity contribution in [1.82, 2.24) is 4.57 Å². The Morgan fingerprint density at radius 2 is 2.27 bits per heavy atom. The third-order valence-corrected chi connectivity index (χ3v) is 3.20. The molecule has 1 aliphatic carbocycles. The van der Waals surface area contributed by atoms with Gasteiger partial charge < -0.3 is 4.57 Å². The van der Waals surface area contributed by atoms with Gasteiger partial charge in [0.15, 0.2) is 5.78 Å². The van der Waals surface area contributed by atoms with Crippen LogP contribution >= 0.6 is 0 Å². The summed E-state index contributed by atoms with van der Waals surface area (Å²) in [5.74, 6) is 0.300. The second kappa shape index (κ2) is 3.69. The van der Waals surface area contributed by atoms with E-state index in [1.165, 1.54) is 11.4 Å². The Balaban J connectivity index is 2.56. The van der Waals surface area contributed by atoms with Gasteiger partial charge >= 0.3 is 0 Å². The molecule has 0 N–H and O–H groups in total. The molecule has 0 amide bonds. The van der Waals surface area contributed by atoms with E-state index in [-0.39, 0.29) is 6.04 Å². The molecule has 0 fully saturated rings. The van der Waals surface area contributed by atoms with Crippen LogP contribution in [0.3, 0.4) is 0 Å². The zero-order valence-electron chi connectivity index (χ0n) is 9.42. The highest BCUT2D eigenvalue weighted by Crippen LogP contribution is 2.28. The first-order valence-corrected chi connectivity index (χ1v) is 5.51. The van der Waals surface area contributed by atoms with Crippen molar-refractivity contribution in [2.24, 2.45) is 0 Å². The predicted octanol–water partition coefficient (Wildman–Crippen LogP) is 3.06. The Morgan fingerprint density at radius 3 is 2.93 bits per heavy atom. The summed E-state index contributed by atoms with van der Waals surface area (Å²) in [6, 6.07) is 2.30. The van der Waals surface area contributed by atoms with E-state index in [2.05, 4.69) is 25.0 Å². The first kappa shape index (κ1) is 10.2. The van der Waals surface area contributed by atoms with Crippen LogP contribution in [0.1, 0.15) is 47.6 Å². The van der Waals surface area contributed by atoms with Gasteiger partial charge in [0.25, 0.3) is 0 Å². The number of aryl methyl sites for hydroxylation is 1. The van der Waals surface area contributed by atoms with Crippen LogP contribution in [0, 0.1) is 6.92 Å². The Bertz CT molecular complexity index is 414. The van der Waals surface area contributed by atoms with Gasteiger partial charge in [-0.15, -0.1) is 6.58 Å². The maximum Gasteiger partial charge on any atom is 0.164 e. The molecular formula is C13H17NO. The van der Waals surface area contributed by atoms with Crippen molar-refractivity contribution >= 4 is 5.78 Å². The van der Waals surface area contributed by atoms with Crippen LogP contribution in [0.2, 0.25) is 0 Å². The average Bonchev–Trinajstić information content (AvgIpc) is 2.55. The van der Waals surface area contributed by atoms with E-state index in [1.54, 1.807) is 0 Å². The van der Waals surface area contributed by atoms with Gasteiger partial charge in [0, 0.05) is 29.4 Å². The molecular weight excluding hydrogens is 186 g/mol.